The first-order valence-corrected chi connectivity index (χ1v) is 33.4. The van der Waals surface area contributed by atoms with E-state index in [1.807, 2.05) is 0 Å². The molecule has 0 radical (unpaired) electrons. The van der Waals surface area contributed by atoms with Gasteiger partial charge in [0, 0.05) is 19.3 Å². The Kier molecular flexibility index (Phi) is 62.7. The Morgan fingerprint density at radius 1 is 0.260 bits per heavy atom. The first-order chi connectivity index (χ1) is 38.0. The molecule has 0 fully saturated rings. The van der Waals surface area contributed by atoms with Gasteiger partial charge in [-0.1, -0.05) is 280 Å². The van der Waals surface area contributed by atoms with Gasteiger partial charge in [-0.2, -0.15) is 0 Å². The highest BCUT2D eigenvalue weighted by molar-refractivity contribution is 5.71. The molecule has 1 unspecified atom stereocenters. The molecule has 0 aromatic rings. The van der Waals surface area contributed by atoms with Crippen molar-refractivity contribution < 1.29 is 28.6 Å². The summed E-state index contributed by atoms with van der Waals surface area (Å²) in [6, 6.07) is 0. The van der Waals surface area contributed by atoms with Crippen molar-refractivity contribution in [3.05, 3.63) is 72.9 Å². The Bertz CT molecular complexity index is 1420. The fourth-order valence-corrected chi connectivity index (χ4v) is 9.59. The number of ether oxygens (including phenoxy) is 3. The third-order valence-electron chi connectivity index (χ3n) is 14.7. The lowest BCUT2D eigenvalue weighted by atomic mass is 10.0. The second-order valence-electron chi connectivity index (χ2n) is 22.4. The average Bonchev–Trinajstić information content (AvgIpc) is 3.43. The molecule has 0 aliphatic rings. The predicted octanol–water partition coefficient (Wildman–Crippen LogP) is 22.9. The number of carbonyl (C=O) groups is 3. The van der Waals surface area contributed by atoms with Crippen LogP contribution in [0.15, 0.2) is 72.9 Å². The van der Waals surface area contributed by atoms with Gasteiger partial charge in [0.1, 0.15) is 13.2 Å². The van der Waals surface area contributed by atoms with Crippen LogP contribution in [-0.4, -0.2) is 37.2 Å². The summed E-state index contributed by atoms with van der Waals surface area (Å²) in [6.07, 6.45) is 84.8. The van der Waals surface area contributed by atoms with Crippen LogP contribution >= 0.6 is 0 Å². The molecule has 0 saturated carbocycles. The van der Waals surface area contributed by atoms with Gasteiger partial charge in [0.15, 0.2) is 6.10 Å². The number of esters is 3. The first-order valence-electron chi connectivity index (χ1n) is 33.4. The Morgan fingerprint density at radius 3 is 0.766 bits per heavy atom. The van der Waals surface area contributed by atoms with E-state index in [1.165, 1.54) is 199 Å². The summed E-state index contributed by atoms with van der Waals surface area (Å²) in [4.78, 5) is 38.4. The fraction of sp³-hybridized carbons (Fsp3) is 0.789. The van der Waals surface area contributed by atoms with Crippen molar-refractivity contribution in [1.29, 1.82) is 0 Å². The molecule has 446 valence electrons. The molecule has 77 heavy (non-hydrogen) atoms. The summed E-state index contributed by atoms with van der Waals surface area (Å²) in [5.74, 6) is -0.896. The normalized spacial score (nSPS) is 12.5. The molecule has 0 aromatic carbocycles. The van der Waals surface area contributed by atoms with Gasteiger partial charge >= 0.3 is 17.9 Å². The molecule has 0 bridgehead atoms. The second kappa shape index (κ2) is 65.4. The van der Waals surface area contributed by atoms with Crippen molar-refractivity contribution in [2.45, 2.75) is 348 Å². The number of rotatable bonds is 61. The summed E-state index contributed by atoms with van der Waals surface area (Å²) in [6.45, 7) is 6.62. The third-order valence-corrected chi connectivity index (χ3v) is 14.7. The number of hydrogen-bond donors (Lipinski definition) is 0. The quantitative estimate of drug-likeness (QED) is 0.0261. The topological polar surface area (TPSA) is 78.9 Å². The molecule has 0 amide bonds. The van der Waals surface area contributed by atoms with E-state index in [4.69, 9.17) is 14.2 Å². The molecule has 0 rings (SSSR count). The highest BCUT2D eigenvalue weighted by atomic mass is 16.6. The van der Waals surface area contributed by atoms with Crippen LogP contribution in [0.2, 0.25) is 0 Å². The van der Waals surface area contributed by atoms with Crippen LogP contribution in [-0.2, 0) is 28.6 Å². The lowest BCUT2D eigenvalue weighted by molar-refractivity contribution is -0.167. The summed E-state index contributed by atoms with van der Waals surface area (Å²) >= 11 is 0. The van der Waals surface area contributed by atoms with Gasteiger partial charge in [0.25, 0.3) is 0 Å². The second-order valence-corrected chi connectivity index (χ2v) is 22.4. The number of allylic oxidation sites excluding steroid dienone is 12. The number of unbranched alkanes of at least 4 members (excludes halogenated alkanes) is 38. The maximum absolute atomic E-state index is 12.9. The van der Waals surface area contributed by atoms with Gasteiger partial charge in [-0.15, -0.1) is 0 Å². The average molecular weight is 1080 g/mol. The largest absolute Gasteiger partial charge is 0.462 e. The predicted molar refractivity (Wildman–Crippen MR) is 335 cm³/mol. The van der Waals surface area contributed by atoms with Gasteiger partial charge in [0.2, 0.25) is 0 Å². The van der Waals surface area contributed by atoms with Gasteiger partial charge in [-0.05, 0) is 116 Å². The van der Waals surface area contributed by atoms with Gasteiger partial charge in [0.05, 0.1) is 0 Å². The van der Waals surface area contributed by atoms with Crippen molar-refractivity contribution >= 4 is 17.9 Å². The van der Waals surface area contributed by atoms with E-state index in [0.29, 0.717) is 19.3 Å². The van der Waals surface area contributed by atoms with Crippen LogP contribution in [0.3, 0.4) is 0 Å². The maximum Gasteiger partial charge on any atom is 0.306 e. The molecular weight excluding hydrogens is 949 g/mol. The summed E-state index contributed by atoms with van der Waals surface area (Å²) in [7, 11) is 0. The molecule has 6 nitrogen and oxygen atoms in total. The molecule has 0 heterocycles. The highest BCUT2D eigenvalue weighted by Gasteiger charge is 2.19. The smallest absolute Gasteiger partial charge is 0.306 e. The van der Waals surface area contributed by atoms with Crippen molar-refractivity contribution in [3.63, 3.8) is 0 Å². The minimum absolute atomic E-state index is 0.0843. The fourth-order valence-electron chi connectivity index (χ4n) is 9.59. The molecule has 0 N–H and O–H groups in total. The monoisotopic (exact) mass is 1070 g/mol. The van der Waals surface area contributed by atoms with Crippen LogP contribution in [0.4, 0.5) is 0 Å². The molecular formula is C71H126O6. The Balaban J connectivity index is 4.37. The Hall–Kier alpha value is -3.15. The van der Waals surface area contributed by atoms with Crippen LogP contribution < -0.4 is 0 Å². The van der Waals surface area contributed by atoms with Gasteiger partial charge in [-0.25, -0.2) is 0 Å². The van der Waals surface area contributed by atoms with Crippen LogP contribution in [0.5, 0.6) is 0 Å². The van der Waals surface area contributed by atoms with E-state index in [-0.39, 0.29) is 31.1 Å². The molecule has 6 heteroatoms. The molecule has 0 spiro atoms. The Morgan fingerprint density at radius 2 is 0.468 bits per heavy atom. The number of hydrogen-bond acceptors (Lipinski definition) is 6. The van der Waals surface area contributed by atoms with Crippen molar-refractivity contribution in [2.24, 2.45) is 0 Å². The van der Waals surface area contributed by atoms with Crippen LogP contribution in [0.25, 0.3) is 0 Å². The van der Waals surface area contributed by atoms with Crippen molar-refractivity contribution in [3.8, 4) is 0 Å². The molecule has 0 aliphatic heterocycles. The Labute approximate surface area is 478 Å². The lowest BCUT2D eigenvalue weighted by Crippen LogP contribution is -2.30. The van der Waals surface area contributed by atoms with Crippen LogP contribution in [0.1, 0.15) is 342 Å². The molecule has 0 aromatic heterocycles. The van der Waals surface area contributed by atoms with Gasteiger partial charge < -0.3 is 14.2 Å². The zero-order chi connectivity index (χ0) is 55.7. The van der Waals surface area contributed by atoms with E-state index in [9.17, 15) is 14.4 Å². The minimum atomic E-state index is -0.790. The maximum atomic E-state index is 12.9. The summed E-state index contributed by atoms with van der Waals surface area (Å²) in [5, 5.41) is 0. The minimum Gasteiger partial charge on any atom is -0.462 e. The van der Waals surface area contributed by atoms with E-state index in [1.54, 1.807) is 0 Å². The highest BCUT2D eigenvalue weighted by Crippen LogP contribution is 2.16. The number of carbonyl (C=O) groups excluding carboxylic acids is 3. The lowest BCUT2D eigenvalue weighted by Gasteiger charge is -2.18. The van der Waals surface area contributed by atoms with E-state index < -0.39 is 6.10 Å². The standard InChI is InChI=1S/C71H126O6/c1-4-7-10-13-16-19-22-25-28-30-32-34-35-37-38-40-43-46-49-52-55-58-61-64-70(73)76-67-68(66-75-69(72)63-60-57-54-51-48-45-42-27-24-21-18-15-12-9-6-3)77-71(74)65-62-59-56-53-50-47-44-41-39-36-33-31-29-26-23-20-17-14-11-8-5-2/h18,21,23,26-27,30-33,39,41-42,68H,4-17,19-20,22,24-25,28-29,34-38,40,43-67H2,1-3H3/b21-18-,26-23-,32-30-,33-31-,41-39-,42-27-. The summed E-state index contributed by atoms with van der Waals surface area (Å²) < 4.78 is 16.9. The van der Waals surface area contributed by atoms with E-state index in [0.717, 1.165) is 103 Å². The van der Waals surface area contributed by atoms with Crippen LogP contribution in [0, 0.1) is 0 Å². The van der Waals surface area contributed by atoms with Gasteiger partial charge in [-0.3, -0.25) is 14.4 Å². The van der Waals surface area contributed by atoms with E-state index in [2.05, 4.69) is 93.7 Å². The SMILES string of the molecule is CCCCC/C=C\C/C=C\CCCCCCCC(=O)OCC(COC(=O)CCCCCCCCCCCCC/C=C\CCCCCCCCCC)OC(=O)CCCCCCCC/C=C\C/C=C\C/C=C\CCCCCCC. The van der Waals surface area contributed by atoms with E-state index >= 15 is 0 Å². The third kappa shape index (κ3) is 63.6. The molecule has 0 saturated heterocycles. The van der Waals surface area contributed by atoms with Crippen molar-refractivity contribution in [2.75, 3.05) is 13.2 Å². The zero-order valence-electron chi connectivity index (χ0n) is 51.2. The van der Waals surface area contributed by atoms with Crippen molar-refractivity contribution in [1.82, 2.24) is 0 Å². The zero-order valence-corrected chi connectivity index (χ0v) is 51.2. The summed E-state index contributed by atoms with van der Waals surface area (Å²) in [5.41, 5.74) is 0. The molecule has 0 aliphatic carbocycles. The first kappa shape index (κ1) is 73.8. The molecule has 1 atom stereocenters.